The van der Waals surface area contributed by atoms with E-state index in [-0.39, 0.29) is 0 Å². The number of nitrogens with zero attached hydrogens (tertiary/aromatic N) is 2. The number of hydrogen-bond acceptors (Lipinski definition) is 4. The Labute approximate surface area is 116 Å². The number of nitrogens with one attached hydrogen (secondary N) is 2. The summed E-state index contributed by atoms with van der Waals surface area (Å²) in [6.07, 6.45) is 5.65. The predicted octanol–water partition coefficient (Wildman–Crippen LogP) is 2.66. The first-order valence-corrected chi connectivity index (χ1v) is 7.40. The van der Waals surface area contributed by atoms with Crippen LogP contribution in [0.4, 0.5) is 11.5 Å². The smallest absolute Gasteiger partial charge is 0.127 e. The van der Waals surface area contributed by atoms with Gasteiger partial charge in [0, 0.05) is 37.6 Å². The van der Waals surface area contributed by atoms with Crippen molar-refractivity contribution < 1.29 is 0 Å². The molecule has 1 fully saturated rings. The van der Waals surface area contributed by atoms with Gasteiger partial charge in [-0.05, 0) is 44.8 Å². The molecule has 0 aromatic carbocycles. The fourth-order valence-electron chi connectivity index (χ4n) is 2.59. The van der Waals surface area contributed by atoms with Gasteiger partial charge in [-0.1, -0.05) is 6.92 Å². The highest BCUT2D eigenvalue weighted by Gasteiger charge is 2.16. The van der Waals surface area contributed by atoms with Crippen molar-refractivity contribution in [1.82, 2.24) is 9.88 Å². The van der Waals surface area contributed by atoms with E-state index in [1.807, 2.05) is 12.3 Å². The van der Waals surface area contributed by atoms with Crippen molar-refractivity contribution in [2.24, 2.45) is 5.92 Å². The number of pyridine rings is 1. The van der Waals surface area contributed by atoms with Gasteiger partial charge in [-0.15, -0.1) is 0 Å². The summed E-state index contributed by atoms with van der Waals surface area (Å²) in [6, 6.07) is 4.14. The van der Waals surface area contributed by atoms with Crippen molar-refractivity contribution in [3.05, 3.63) is 18.3 Å². The fourth-order valence-corrected chi connectivity index (χ4v) is 2.59. The van der Waals surface area contributed by atoms with Crippen molar-refractivity contribution in [1.29, 1.82) is 0 Å². The van der Waals surface area contributed by atoms with Crippen molar-refractivity contribution in [3.8, 4) is 0 Å². The Hall–Kier alpha value is -1.29. The van der Waals surface area contributed by atoms with Crippen molar-refractivity contribution >= 4 is 11.5 Å². The SMILES string of the molecule is CCCNc1cc(NCC2CCCN(C)C2)ccn1. The van der Waals surface area contributed by atoms with E-state index in [2.05, 4.69) is 40.6 Å². The first kappa shape index (κ1) is 14.1. The van der Waals surface area contributed by atoms with Crippen molar-refractivity contribution in [2.45, 2.75) is 26.2 Å². The summed E-state index contributed by atoms with van der Waals surface area (Å²) < 4.78 is 0. The molecule has 1 unspecified atom stereocenters. The molecule has 1 aliphatic rings. The zero-order chi connectivity index (χ0) is 13.5. The molecule has 0 saturated carbocycles. The molecule has 1 atom stereocenters. The Morgan fingerprint density at radius 1 is 1.42 bits per heavy atom. The maximum absolute atomic E-state index is 4.32. The minimum absolute atomic E-state index is 0.763. The minimum atomic E-state index is 0.763. The molecule has 0 spiro atoms. The molecular formula is C15H26N4. The van der Waals surface area contributed by atoms with E-state index >= 15 is 0 Å². The zero-order valence-electron chi connectivity index (χ0n) is 12.2. The summed E-state index contributed by atoms with van der Waals surface area (Å²) in [5, 5.41) is 6.87. The highest BCUT2D eigenvalue weighted by Crippen LogP contribution is 2.17. The molecule has 0 radical (unpaired) electrons. The van der Waals surface area contributed by atoms with Crippen LogP contribution in [0.1, 0.15) is 26.2 Å². The van der Waals surface area contributed by atoms with Crippen LogP contribution in [-0.4, -0.2) is 43.1 Å². The molecule has 0 bridgehead atoms. The molecular weight excluding hydrogens is 236 g/mol. The molecule has 4 heteroatoms. The van der Waals surface area contributed by atoms with E-state index in [1.165, 1.54) is 31.6 Å². The van der Waals surface area contributed by atoms with E-state index in [9.17, 15) is 0 Å². The zero-order valence-corrected chi connectivity index (χ0v) is 12.2. The number of hydrogen-bond donors (Lipinski definition) is 2. The molecule has 2 rings (SSSR count). The Morgan fingerprint density at radius 3 is 3.11 bits per heavy atom. The monoisotopic (exact) mass is 262 g/mol. The lowest BCUT2D eigenvalue weighted by atomic mass is 9.98. The van der Waals surface area contributed by atoms with Gasteiger partial charge in [-0.2, -0.15) is 0 Å². The third-order valence-electron chi connectivity index (χ3n) is 3.63. The largest absolute Gasteiger partial charge is 0.385 e. The highest BCUT2D eigenvalue weighted by molar-refractivity contribution is 5.51. The van der Waals surface area contributed by atoms with Crippen LogP contribution in [0.3, 0.4) is 0 Å². The van der Waals surface area contributed by atoms with Gasteiger partial charge in [0.05, 0.1) is 0 Å². The average molecular weight is 262 g/mol. The van der Waals surface area contributed by atoms with Crippen LogP contribution in [0.25, 0.3) is 0 Å². The third kappa shape index (κ3) is 4.71. The molecule has 2 heterocycles. The van der Waals surface area contributed by atoms with Gasteiger partial charge < -0.3 is 15.5 Å². The molecule has 2 N–H and O–H groups in total. The Bertz CT molecular complexity index is 380. The number of aromatic nitrogens is 1. The van der Waals surface area contributed by atoms with E-state index in [4.69, 9.17) is 0 Å². The van der Waals surface area contributed by atoms with Crippen LogP contribution in [0, 0.1) is 5.92 Å². The molecule has 1 aliphatic heterocycles. The van der Waals surface area contributed by atoms with Gasteiger partial charge in [-0.3, -0.25) is 0 Å². The molecule has 1 aromatic heterocycles. The topological polar surface area (TPSA) is 40.2 Å². The molecule has 1 saturated heterocycles. The third-order valence-corrected chi connectivity index (χ3v) is 3.63. The number of rotatable bonds is 6. The van der Waals surface area contributed by atoms with Crippen molar-refractivity contribution in [3.63, 3.8) is 0 Å². The number of anilines is 2. The summed E-state index contributed by atoms with van der Waals surface area (Å²) in [5.41, 5.74) is 1.17. The molecule has 4 nitrogen and oxygen atoms in total. The first-order valence-electron chi connectivity index (χ1n) is 7.40. The predicted molar refractivity (Wildman–Crippen MR) is 81.7 cm³/mol. The molecule has 0 amide bonds. The summed E-state index contributed by atoms with van der Waals surface area (Å²) >= 11 is 0. The van der Waals surface area contributed by atoms with Gasteiger partial charge >= 0.3 is 0 Å². The molecule has 0 aliphatic carbocycles. The molecule has 106 valence electrons. The maximum Gasteiger partial charge on any atom is 0.127 e. The van der Waals surface area contributed by atoms with E-state index in [1.54, 1.807) is 0 Å². The Morgan fingerprint density at radius 2 is 2.32 bits per heavy atom. The summed E-state index contributed by atoms with van der Waals surface area (Å²) in [5.74, 6) is 1.73. The Balaban J connectivity index is 1.81. The highest BCUT2D eigenvalue weighted by atomic mass is 15.1. The van der Waals surface area contributed by atoms with E-state index in [0.717, 1.165) is 31.2 Å². The van der Waals surface area contributed by atoms with Crippen LogP contribution in [0.15, 0.2) is 18.3 Å². The summed E-state index contributed by atoms with van der Waals surface area (Å²) in [7, 11) is 2.21. The average Bonchev–Trinajstić information content (AvgIpc) is 2.43. The maximum atomic E-state index is 4.32. The standard InChI is InChI=1S/C15H26N4/c1-3-7-16-15-10-14(6-8-17-15)18-11-13-5-4-9-19(2)12-13/h6,8,10,13H,3-5,7,9,11-12H2,1-2H3,(H2,16,17,18). The van der Waals surface area contributed by atoms with Gasteiger partial charge in [0.25, 0.3) is 0 Å². The summed E-state index contributed by atoms with van der Waals surface area (Å²) in [4.78, 5) is 6.75. The molecule has 1 aromatic rings. The minimum Gasteiger partial charge on any atom is -0.385 e. The van der Waals surface area contributed by atoms with Crippen LogP contribution >= 0.6 is 0 Å². The second-order valence-electron chi connectivity index (χ2n) is 5.51. The first-order chi connectivity index (χ1) is 9.28. The number of piperidine rings is 1. The van der Waals surface area contributed by atoms with Gasteiger partial charge in [0.1, 0.15) is 5.82 Å². The van der Waals surface area contributed by atoms with Crippen LogP contribution < -0.4 is 10.6 Å². The van der Waals surface area contributed by atoms with Gasteiger partial charge in [-0.25, -0.2) is 4.98 Å². The Kier molecular flexibility index (Phi) is 5.45. The second kappa shape index (κ2) is 7.34. The lowest BCUT2D eigenvalue weighted by molar-refractivity contribution is 0.217. The second-order valence-corrected chi connectivity index (χ2v) is 5.51. The van der Waals surface area contributed by atoms with Gasteiger partial charge in [0.15, 0.2) is 0 Å². The van der Waals surface area contributed by atoms with Crippen molar-refractivity contribution in [2.75, 3.05) is 43.9 Å². The van der Waals surface area contributed by atoms with Crippen LogP contribution in [0.2, 0.25) is 0 Å². The van der Waals surface area contributed by atoms with Crippen LogP contribution in [-0.2, 0) is 0 Å². The van der Waals surface area contributed by atoms with Crippen LogP contribution in [0.5, 0.6) is 0 Å². The van der Waals surface area contributed by atoms with Gasteiger partial charge in [0.2, 0.25) is 0 Å². The summed E-state index contributed by atoms with van der Waals surface area (Å²) in [6.45, 7) is 6.65. The quantitative estimate of drug-likeness (QED) is 0.827. The number of likely N-dealkylation sites (tertiary alicyclic amines) is 1. The normalized spacial score (nSPS) is 20.2. The fraction of sp³-hybridized carbons (Fsp3) is 0.667. The lowest BCUT2D eigenvalue weighted by Crippen LogP contribution is -2.35. The van der Waals surface area contributed by atoms with E-state index < -0.39 is 0 Å². The molecule has 19 heavy (non-hydrogen) atoms. The van der Waals surface area contributed by atoms with E-state index in [0.29, 0.717) is 0 Å². The lowest BCUT2D eigenvalue weighted by Gasteiger charge is -2.30.